The highest BCUT2D eigenvalue weighted by molar-refractivity contribution is 7.89. The van der Waals surface area contributed by atoms with Crippen molar-refractivity contribution in [3.8, 4) is 11.5 Å². The Hall–Kier alpha value is -2.13. The SMILES string of the molecule is CCN(Cc1nc(C(C)C)no1)S(=O)(=O)c1ccc2c(c1)OCCCO2. The molecule has 0 atom stereocenters. The molecule has 0 spiro atoms. The van der Waals surface area contributed by atoms with Crippen LogP contribution in [0.25, 0.3) is 0 Å². The van der Waals surface area contributed by atoms with Crippen LogP contribution in [-0.4, -0.2) is 42.6 Å². The summed E-state index contributed by atoms with van der Waals surface area (Å²) >= 11 is 0. The fourth-order valence-corrected chi connectivity index (χ4v) is 3.95. The van der Waals surface area contributed by atoms with Crippen molar-refractivity contribution in [2.45, 2.75) is 44.6 Å². The van der Waals surface area contributed by atoms with Crippen molar-refractivity contribution >= 4 is 10.0 Å². The maximum Gasteiger partial charge on any atom is 0.243 e. The number of aromatic nitrogens is 2. The molecule has 26 heavy (non-hydrogen) atoms. The number of sulfonamides is 1. The molecule has 9 heteroatoms. The number of ether oxygens (including phenoxy) is 2. The predicted molar refractivity (Wildman–Crippen MR) is 93.7 cm³/mol. The smallest absolute Gasteiger partial charge is 0.243 e. The summed E-state index contributed by atoms with van der Waals surface area (Å²) in [6, 6.07) is 4.66. The highest BCUT2D eigenvalue weighted by Gasteiger charge is 2.27. The lowest BCUT2D eigenvalue weighted by Gasteiger charge is -2.19. The van der Waals surface area contributed by atoms with Gasteiger partial charge in [0.15, 0.2) is 17.3 Å². The third-order valence-electron chi connectivity index (χ3n) is 4.02. The topological polar surface area (TPSA) is 94.8 Å². The fourth-order valence-electron chi connectivity index (χ4n) is 2.54. The second kappa shape index (κ2) is 7.63. The van der Waals surface area contributed by atoms with E-state index in [0.29, 0.717) is 30.5 Å². The summed E-state index contributed by atoms with van der Waals surface area (Å²) in [7, 11) is -3.74. The van der Waals surface area contributed by atoms with Crippen LogP contribution in [0.5, 0.6) is 11.5 Å². The molecule has 0 aliphatic carbocycles. The molecular weight excluding hydrogens is 358 g/mol. The molecule has 0 fully saturated rings. The summed E-state index contributed by atoms with van der Waals surface area (Å²) in [5.74, 6) is 1.95. The molecule has 2 heterocycles. The van der Waals surface area contributed by atoms with E-state index in [0.717, 1.165) is 6.42 Å². The third kappa shape index (κ3) is 3.83. The molecular formula is C17H23N3O5S. The van der Waals surface area contributed by atoms with Gasteiger partial charge >= 0.3 is 0 Å². The largest absolute Gasteiger partial charge is 0.490 e. The molecule has 0 radical (unpaired) electrons. The Bertz CT molecular complexity index is 863. The standard InChI is InChI=1S/C17H23N3O5S/c1-4-20(11-16-18-17(12(2)3)19-25-16)26(21,22)13-6-7-14-15(10-13)24-9-5-8-23-14/h6-7,10,12H,4-5,8-9,11H2,1-3H3. The zero-order valence-corrected chi connectivity index (χ0v) is 16.0. The fraction of sp³-hybridized carbons (Fsp3) is 0.529. The van der Waals surface area contributed by atoms with Gasteiger partial charge in [0.2, 0.25) is 15.9 Å². The minimum Gasteiger partial charge on any atom is -0.490 e. The second-order valence-corrected chi connectivity index (χ2v) is 8.23. The minimum absolute atomic E-state index is 0.0208. The molecule has 2 aromatic rings. The summed E-state index contributed by atoms with van der Waals surface area (Å²) in [6.07, 6.45) is 0.757. The van der Waals surface area contributed by atoms with Crippen LogP contribution in [0.2, 0.25) is 0 Å². The van der Waals surface area contributed by atoms with Crippen molar-refractivity contribution in [1.29, 1.82) is 0 Å². The van der Waals surface area contributed by atoms with Gasteiger partial charge in [-0.15, -0.1) is 0 Å². The van der Waals surface area contributed by atoms with Crippen LogP contribution >= 0.6 is 0 Å². The first-order valence-corrected chi connectivity index (χ1v) is 10.1. The van der Waals surface area contributed by atoms with Crippen molar-refractivity contribution in [3.63, 3.8) is 0 Å². The van der Waals surface area contributed by atoms with Crippen LogP contribution in [0.1, 0.15) is 44.8 Å². The molecule has 1 aliphatic heterocycles. The van der Waals surface area contributed by atoms with Crippen LogP contribution in [0.15, 0.2) is 27.6 Å². The monoisotopic (exact) mass is 381 g/mol. The van der Waals surface area contributed by atoms with Gasteiger partial charge in [-0.1, -0.05) is 25.9 Å². The van der Waals surface area contributed by atoms with Crippen LogP contribution < -0.4 is 9.47 Å². The maximum atomic E-state index is 13.0. The summed E-state index contributed by atoms with van der Waals surface area (Å²) in [5.41, 5.74) is 0. The van der Waals surface area contributed by atoms with Crippen LogP contribution in [0.4, 0.5) is 0 Å². The Labute approximate surface area is 153 Å². The van der Waals surface area contributed by atoms with Crippen LogP contribution in [0, 0.1) is 0 Å². The Kier molecular flexibility index (Phi) is 5.47. The first-order valence-electron chi connectivity index (χ1n) is 8.64. The van der Waals surface area contributed by atoms with E-state index >= 15 is 0 Å². The average Bonchev–Trinajstić information content (AvgIpc) is 2.96. The van der Waals surface area contributed by atoms with Crippen molar-refractivity contribution in [2.75, 3.05) is 19.8 Å². The van der Waals surface area contributed by atoms with Crippen molar-refractivity contribution < 1.29 is 22.4 Å². The van der Waals surface area contributed by atoms with Gasteiger partial charge in [0.1, 0.15) is 0 Å². The zero-order chi connectivity index (χ0) is 18.7. The summed E-state index contributed by atoms with van der Waals surface area (Å²) in [4.78, 5) is 4.40. The Morgan fingerprint density at radius 3 is 2.58 bits per heavy atom. The van der Waals surface area contributed by atoms with E-state index in [9.17, 15) is 8.42 Å². The van der Waals surface area contributed by atoms with Crippen LogP contribution in [0.3, 0.4) is 0 Å². The van der Waals surface area contributed by atoms with E-state index in [2.05, 4.69) is 10.1 Å². The van der Waals surface area contributed by atoms with Crippen LogP contribution in [-0.2, 0) is 16.6 Å². The molecule has 1 aromatic heterocycles. The van der Waals surface area contributed by atoms with Gasteiger partial charge in [0.05, 0.1) is 24.7 Å². The normalized spacial score (nSPS) is 14.7. The summed E-state index contributed by atoms with van der Waals surface area (Å²) in [5, 5.41) is 3.88. The molecule has 1 aromatic carbocycles. The van der Waals surface area contributed by atoms with Crippen molar-refractivity contribution in [3.05, 3.63) is 29.9 Å². The summed E-state index contributed by atoms with van der Waals surface area (Å²) < 4.78 is 43.7. The Morgan fingerprint density at radius 1 is 1.19 bits per heavy atom. The molecule has 0 N–H and O–H groups in total. The lowest BCUT2D eigenvalue weighted by Crippen LogP contribution is -2.30. The maximum absolute atomic E-state index is 13.0. The van der Waals surface area contributed by atoms with E-state index in [-0.39, 0.29) is 29.8 Å². The highest BCUT2D eigenvalue weighted by Crippen LogP contribution is 2.33. The molecule has 0 saturated heterocycles. The third-order valence-corrected chi connectivity index (χ3v) is 5.94. The molecule has 8 nitrogen and oxygen atoms in total. The molecule has 0 amide bonds. The lowest BCUT2D eigenvalue weighted by molar-refractivity contribution is 0.296. The zero-order valence-electron chi connectivity index (χ0n) is 15.1. The van der Waals surface area contributed by atoms with E-state index in [1.54, 1.807) is 13.0 Å². The van der Waals surface area contributed by atoms with E-state index in [1.807, 2.05) is 13.8 Å². The minimum atomic E-state index is -3.74. The summed E-state index contributed by atoms with van der Waals surface area (Å²) in [6.45, 7) is 6.99. The van der Waals surface area contributed by atoms with Gasteiger partial charge in [-0.3, -0.25) is 0 Å². The molecule has 3 rings (SSSR count). The van der Waals surface area contributed by atoms with E-state index in [1.165, 1.54) is 16.4 Å². The quantitative estimate of drug-likeness (QED) is 0.759. The van der Waals surface area contributed by atoms with Gasteiger partial charge in [-0.25, -0.2) is 8.42 Å². The number of nitrogens with zero attached hydrogens (tertiary/aromatic N) is 3. The highest BCUT2D eigenvalue weighted by atomic mass is 32.2. The molecule has 1 aliphatic rings. The number of fused-ring (bicyclic) bond motifs is 1. The lowest BCUT2D eigenvalue weighted by atomic mass is 10.2. The van der Waals surface area contributed by atoms with Gasteiger partial charge in [0.25, 0.3) is 0 Å². The van der Waals surface area contributed by atoms with Gasteiger partial charge in [-0.05, 0) is 12.1 Å². The van der Waals surface area contributed by atoms with Crippen molar-refractivity contribution in [1.82, 2.24) is 14.4 Å². The van der Waals surface area contributed by atoms with Gasteiger partial charge < -0.3 is 14.0 Å². The number of hydrogen-bond acceptors (Lipinski definition) is 7. The van der Waals surface area contributed by atoms with E-state index < -0.39 is 10.0 Å². The Morgan fingerprint density at radius 2 is 1.92 bits per heavy atom. The first-order chi connectivity index (χ1) is 12.4. The first kappa shape index (κ1) is 18.7. The van der Waals surface area contributed by atoms with Gasteiger partial charge in [-0.2, -0.15) is 9.29 Å². The number of benzene rings is 1. The number of rotatable bonds is 6. The molecule has 0 bridgehead atoms. The Balaban J connectivity index is 1.85. The second-order valence-electron chi connectivity index (χ2n) is 6.29. The molecule has 0 unspecified atom stereocenters. The molecule has 0 saturated carbocycles. The molecule has 142 valence electrons. The van der Waals surface area contributed by atoms with Gasteiger partial charge in [0, 0.05) is 24.9 Å². The average molecular weight is 381 g/mol. The number of hydrogen-bond donors (Lipinski definition) is 0. The van der Waals surface area contributed by atoms with E-state index in [4.69, 9.17) is 14.0 Å². The van der Waals surface area contributed by atoms with Crippen molar-refractivity contribution in [2.24, 2.45) is 0 Å². The predicted octanol–water partition coefficient (Wildman–Crippen LogP) is 2.57.